The molecular formula is C28H31N3O8. The average Bonchev–Trinajstić information content (AvgIpc) is 3.23. The number of fused-ring (bicyclic) bond motifs is 2. The molecule has 0 aromatic heterocycles. The lowest BCUT2D eigenvalue weighted by atomic mass is 9.66. The number of carbonyl (C=O) groups is 4. The first-order chi connectivity index (χ1) is 18.1. The molecule has 2 aromatic rings. The Balaban J connectivity index is 1.94. The summed E-state index contributed by atoms with van der Waals surface area (Å²) >= 11 is 0. The quantitative estimate of drug-likeness (QED) is 0.395. The van der Waals surface area contributed by atoms with E-state index in [0.29, 0.717) is 5.56 Å². The minimum atomic E-state index is -1.87. The maximum Gasteiger partial charge on any atom is 0.421 e. The number of amides is 4. The average molecular weight is 538 g/mol. The number of rotatable bonds is 4. The predicted molar refractivity (Wildman–Crippen MR) is 141 cm³/mol. The van der Waals surface area contributed by atoms with Crippen molar-refractivity contribution in [2.75, 3.05) is 16.3 Å². The van der Waals surface area contributed by atoms with E-state index >= 15 is 0 Å². The van der Waals surface area contributed by atoms with Gasteiger partial charge in [0.2, 0.25) is 18.4 Å². The van der Waals surface area contributed by atoms with Gasteiger partial charge in [0.1, 0.15) is 11.2 Å². The largest absolute Gasteiger partial charge is 0.443 e. The molecule has 11 nitrogen and oxygen atoms in total. The minimum absolute atomic E-state index is 0.168. The summed E-state index contributed by atoms with van der Waals surface area (Å²) in [5.41, 5.74) is -2.76. The molecule has 206 valence electrons. The van der Waals surface area contributed by atoms with Crippen LogP contribution in [0.15, 0.2) is 48.5 Å². The van der Waals surface area contributed by atoms with E-state index in [9.17, 15) is 29.3 Å². The van der Waals surface area contributed by atoms with Gasteiger partial charge in [-0.2, -0.15) is 0 Å². The molecule has 2 aliphatic rings. The van der Waals surface area contributed by atoms with Crippen LogP contribution in [0.3, 0.4) is 0 Å². The number of nitrogens with zero attached hydrogens (tertiary/aromatic N) is 3. The van der Waals surface area contributed by atoms with Crippen LogP contribution in [0.2, 0.25) is 0 Å². The minimum Gasteiger partial charge on any atom is -0.443 e. The number of nitro groups is 1. The van der Waals surface area contributed by atoms with Crippen LogP contribution in [-0.2, 0) is 24.5 Å². The number of hydrogen-bond donors (Lipinski definition) is 0. The van der Waals surface area contributed by atoms with Crippen molar-refractivity contribution in [3.63, 3.8) is 0 Å². The highest BCUT2D eigenvalue weighted by Gasteiger charge is 2.64. The Morgan fingerprint density at radius 2 is 1.38 bits per heavy atom. The number of imide groups is 2. The molecule has 2 aliphatic heterocycles. The number of ether oxygens (including phenoxy) is 2. The second kappa shape index (κ2) is 9.48. The van der Waals surface area contributed by atoms with Gasteiger partial charge in [-0.15, -0.1) is 0 Å². The van der Waals surface area contributed by atoms with Crippen molar-refractivity contribution in [2.24, 2.45) is 0 Å². The van der Waals surface area contributed by atoms with Crippen LogP contribution in [0.4, 0.5) is 21.0 Å². The smallest absolute Gasteiger partial charge is 0.421 e. The second-order valence-electron chi connectivity index (χ2n) is 11.6. The summed E-state index contributed by atoms with van der Waals surface area (Å²) in [5.74, 6) is -2.95. The number of hydrogen-bond acceptors (Lipinski definition) is 8. The van der Waals surface area contributed by atoms with Gasteiger partial charge in [0, 0.05) is 11.3 Å². The van der Waals surface area contributed by atoms with Crippen molar-refractivity contribution in [3.8, 4) is 0 Å². The van der Waals surface area contributed by atoms with Gasteiger partial charge in [0.05, 0.1) is 22.7 Å². The van der Waals surface area contributed by atoms with E-state index in [0.717, 1.165) is 9.80 Å². The second-order valence-corrected chi connectivity index (χ2v) is 11.6. The zero-order chi connectivity index (χ0) is 28.9. The molecule has 11 heteroatoms. The Kier molecular flexibility index (Phi) is 6.74. The molecule has 0 saturated heterocycles. The fourth-order valence-corrected chi connectivity index (χ4v) is 5.18. The Morgan fingerprint density at radius 1 is 0.872 bits per heavy atom. The molecule has 39 heavy (non-hydrogen) atoms. The van der Waals surface area contributed by atoms with Crippen LogP contribution in [0, 0.1) is 10.1 Å². The van der Waals surface area contributed by atoms with Gasteiger partial charge in [-0.25, -0.2) is 19.4 Å². The zero-order valence-electron chi connectivity index (χ0n) is 22.7. The molecule has 0 radical (unpaired) electrons. The summed E-state index contributed by atoms with van der Waals surface area (Å²) in [5, 5.41) is 11.6. The van der Waals surface area contributed by atoms with Crippen molar-refractivity contribution in [2.45, 2.75) is 70.5 Å². The maximum absolute atomic E-state index is 14.4. The van der Waals surface area contributed by atoms with Crippen LogP contribution < -0.4 is 9.80 Å². The topological polar surface area (TPSA) is 136 Å². The third kappa shape index (κ3) is 4.84. The molecule has 1 unspecified atom stereocenters. The van der Waals surface area contributed by atoms with E-state index in [1.807, 2.05) is 0 Å². The SMILES string of the molecule is CC(C)(C)OC(=O)N1C(=O)C([C@]2(CC[N+](=O)[O-])C(=O)N(C(=O)OC(C)(C)C)c3ccccc32)c2ccccc21. The van der Waals surface area contributed by atoms with Gasteiger partial charge < -0.3 is 9.47 Å². The fraction of sp³-hybridized carbons (Fsp3) is 0.429. The zero-order valence-corrected chi connectivity index (χ0v) is 22.7. The normalized spacial score (nSPS) is 20.5. The van der Waals surface area contributed by atoms with Crippen molar-refractivity contribution < 1.29 is 33.6 Å². The molecule has 0 aliphatic carbocycles. The number of para-hydroxylation sites is 2. The molecule has 4 rings (SSSR count). The van der Waals surface area contributed by atoms with Crippen LogP contribution in [0.25, 0.3) is 0 Å². The fourth-order valence-electron chi connectivity index (χ4n) is 5.18. The summed E-state index contributed by atoms with van der Waals surface area (Å²) in [6.07, 6.45) is -2.30. The Labute approximate surface area is 225 Å². The molecule has 2 heterocycles. The van der Waals surface area contributed by atoms with E-state index in [1.165, 1.54) is 6.07 Å². The van der Waals surface area contributed by atoms with Crippen LogP contribution >= 0.6 is 0 Å². The van der Waals surface area contributed by atoms with Gasteiger partial charge in [0.15, 0.2) is 0 Å². The molecule has 0 fully saturated rings. The predicted octanol–water partition coefficient (Wildman–Crippen LogP) is 4.94. The summed E-state index contributed by atoms with van der Waals surface area (Å²) in [7, 11) is 0. The molecule has 0 N–H and O–H groups in total. The Bertz CT molecular complexity index is 1370. The van der Waals surface area contributed by atoms with E-state index < -0.39 is 64.4 Å². The molecule has 2 atom stereocenters. The molecule has 4 amide bonds. The van der Waals surface area contributed by atoms with Crippen molar-refractivity contribution >= 4 is 35.4 Å². The van der Waals surface area contributed by atoms with Gasteiger partial charge in [0.25, 0.3) is 0 Å². The standard InChI is InChI=1S/C28H31N3O8/c1-26(2,3)38-24(34)30-19-13-9-7-11-17(19)21(22(30)32)28(15-16-29(36)37)18-12-8-10-14-20(18)31(23(28)33)25(35)39-27(4,5)6/h7-14,21H,15-16H2,1-6H3/t21?,28-/m1/s1. The Morgan fingerprint density at radius 3 is 1.95 bits per heavy atom. The van der Waals surface area contributed by atoms with Gasteiger partial charge in [-0.3, -0.25) is 19.7 Å². The van der Waals surface area contributed by atoms with Gasteiger partial charge in [-0.1, -0.05) is 36.4 Å². The van der Waals surface area contributed by atoms with Crippen LogP contribution in [0.1, 0.15) is 65.0 Å². The van der Waals surface area contributed by atoms with Gasteiger partial charge >= 0.3 is 12.2 Å². The molecular weight excluding hydrogens is 506 g/mol. The molecule has 0 spiro atoms. The number of anilines is 2. The van der Waals surface area contributed by atoms with Gasteiger partial charge in [-0.05, 0) is 64.8 Å². The lowest BCUT2D eigenvalue weighted by molar-refractivity contribution is -0.481. The first-order valence-electron chi connectivity index (χ1n) is 12.5. The van der Waals surface area contributed by atoms with E-state index in [2.05, 4.69) is 0 Å². The summed E-state index contributed by atoms with van der Waals surface area (Å²) in [4.78, 5) is 67.8. The lowest BCUT2D eigenvalue weighted by Crippen LogP contribution is -2.51. The number of carbonyl (C=O) groups excluding carboxylic acids is 4. The first-order valence-corrected chi connectivity index (χ1v) is 12.5. The van der Waals surface area contributed by atoms with E-state index in [-0.39, 0.29) is 16.9 Å². The highest BCUT2D eigenvalue weighted by molar-refractivity contribution is 6.27. The highest BCUT2D eigenvalue weighted by Crippen LogP contribution is 2.56. The maximum atomic E-state index is 14.4. The summed E-state index contributed by atoms with van der Waals surface area (Å²) in [6.45, 7) is 9.24. The van der Waals surface area contributed by atoms with Crippen LogP contribution in [0.5, 0.6) is 0 Å². The first kappa shape index (κ1) is 27.7. The molecule has 0 saturated carbocycles. The monoisotopic (exact) mass is 537 g/mol. The van der Waals surface area contributed by atoms with Crippen molar-refractivity contribution in [1.82, 2.24) is 0 Å². The van der Waals surface area contributed by atoms with Crippen LogP contribution in [-0.4, -0.2) is 46.7 Å². The number of benzene rings is 2. The summed E-state index contributed by atoms with van der Waals surface area (Å²) < 4.78 is 11.0. The van der Waals surface area contributed by atoms with Crippen molar-refractivity contribution in [1.29, 1.82) is 0 Å². The third-order valence-electron chi connectivity index (χ3n) is 6.50. The third-order valence-corrected chi connectivity index (χ3v) is 6.50. The highest BCUT2D eigenvalue weighted by atomic mass is 16.6. The molecule has 0 bridgehead atoms. The molecule has 2 aromatic carbocycles. The van der Waals surface area contributed by atoms with E-state index in [1.54, 1.807) is 84.0 Å². The summed E-state index contributed by atoms with van der Waals surface area (Å²) in [6, 6.07) is 12.8. The lowest BCUT2D eigenvalue weighted by Gasteiger charge is -2.33. The Hall–Kier alpha value is -4.28. The van der Waals surface area contributed by atoms with Crippen molar-refractivity contribution in [3.05, 3.63) is 69.8 Å². The van der Waals surface area contributed by atoms with E-state index in [4.69, 9.17) is 9.47 Å².